The highest BCUT2D eigenvalue weighted by molar-refractivity contribution is 6.22. The number of halogens is 1. The molecule has 11 nitrogen and oxygen atoms in total. The van der Waals surface area contributed by atoms with Crippen LogP contribution < -0.4 is 39.3 Å². The van der Waals surface area contributed by atoms with Gasteiger partial charge in [-0.15, -0.1) is 12.4 Å². The number of anilines is 4. The zero-order chi connectivity index (χ0) is 23.5. The fourth-order valence-electron chi connectivity index (χ4n) is 4.94. The standard InChI is InChI=1S/C25H26N6O.CH5N.ClH.3H3N.4H2/c32-22-20-9-3-2-8-18(20)19-11-10-17(16-21(19)22)26-23-27-24(30-12-4-1-5-13-30)29-25(28-23)31-14-6-7-15-31;1-2;;;;;;;;/h2-3,8-11,16H,1,4-7,12-15H2,(H,26,27,28,29);2H2,1H3;1H;3*1H3;4*1H. The summed E-state index contributed by atoms with van der Waals surface area (Å²) in [6.45, 7) is 3.92. The molecule has 3 heterocycles. The van der Waals surface area contributed by atoms with E-state index in [1.165, 1.54) is 39.2 Å². The Balaban J connectivity index is -0.000000708. The average Bonchev–Trinajstić information content (AvgIpc) is 3.54. The minimum Gasteiger partial charge on any atom is -0.344 e. The van der Waals surface area contributed by atoms with Crippen LogP contribution in [0.4, 0.5) is 23.5 Å². The van der Waals surface area contributed by atoms with Gasteiger partial charge in [0.15, 0.2) is 5.78 Å². The first-order chi connectivity index (χ1) is 16.8. The van der Waals surface area contributed by atoms with Gasteiger partial charge in [0, 0.05) is 48.7 Å². The Morgan fingerprint density at radius 1 is 0.711 bits per heavy atom. The predicted molar refractivity (Wildman–Crippen MR) is 167 cm³/mol. The van der Waals surface area contributed by atoms with Crippen LogP contribution >= 0.6 is 12.4 Å². The van der Waals surface area contributed by atoms with Gasteiger partial charge in [-0.25, -0.2) is 0 Å². The number of aromatic nitrogens is 3. The molecule has 0 amide bonds. The molecule has 0 saturated carbocycles. The molecule has 0 spiro atoms. The first-order valence-electron chi connectivity index (χ1n) is 12.2. The number of carbonyl (C=O) groups is 1. The molecule has 12 heteroatoms. The maximum atomic E-state index is 12.9. The van der Waals surface area contributed by atoms with Gasteiger partial charge < -0.3 is 39.3 Å². The number of piperidine rings is 1. The Morgan fingerprint density at radius 3 is 1.79 bits per heavy atom. The van der Waals surface area contributed by atoms with Crippen molar-refractivity contribution in [2.75, 3.05) is 48.3 Å². The Labute approximate surface area is 236 Å². The molecule has 6 rings (SSSR count). The second kappa shape index (κ2) is 14.6. The summed E-state index contributed by atoms with van der Waals surface area (Å²) in [6, 6.07) is 13.7. The van der Waals surface area contributed by atoms with Crippen molar-refractivity contribution in [2.45, 2.75) is 32.1 Å². The van der Waals surface area contributed by atoms with Crippen molar-refractivity contribution < 1.29 is 10.5 Å². The molecule has 38 heavy (non-hydrogen) atoms. The minimum atomic E-state index is 0. The molecule has 1 aliphatic carbocycles. The Bertz CT molecular complexity index is 1220. The van der Waals surface area contributed by atoms with Crippen LogP contribution in [0.1, 0.15) is 53.7 Å². The van der Waals surface area contributed by atoms with Crippen LogP contribution in [-0.2, 0) is 0 Å². The summed E-state index contributed by atoms with van der Waals surface area (Å²) >= 11 is 0. The predicted octanol–water partition coefficient (Wildman–Crippen LogP) is 5.88. The van der Waals surface area contributed by atoms with E-state index in [-0.39, 0.29) is 42.3 Å². The molecule has 3 aliphatic rings. The van der Waals surface area contributed by atoms with Crippen LogP contribution in [0.25, 0.3) is 11.1 Å². The maximum Gasteiger partial charge on any atom is 0.233 e. The van der Waals surface area contributed by atoms with Gasteiger partial charge in [0.2, 0.25) is 17.8 Å². The summed E-state index contributed by atoms with van der Waals surface area (Å²) in [6.07, 6.45) is 5.93. The molecule has 0 bridgehead atoms. The van der Waals surface area contributed by atoms with Crippen molar-refractivity contribution in [3.8, 4) is 11.1 Å². The second-order valence-electron chi connectivity index (χ2n) is 8.76. The van der Waals surface area contributed by atoms with Crippen LogP contribution in [0.2, 0.25) is 0 Å². The summed E-state index contributed by atoms with van der Waals surface area (Å²) in [4.78, 5) is 31.7. The van der Waals surface area contributed by atoms with Gasteiger partial charge in [0.05, 0.1) is 0 Å². The zero-order valence-electron chi connectivity index (χ0n) is 22.2. The summed E-state index contributed by atoms with van der Waals surface area (Å²) < 4.78 is 0. The quantitative estimate of drug-likeness (QED) is 0.202. The molecule has 2 fully saturated rings. The van der Waals surface area contributed by atoms with E-state index in [9.17, 15) is 4.79 Å². The number of hydrogen-bond donors (Lipinski definition) is 5. The summed E-state index contributed by atoms with van der Waals surface area (Å²) in [5.74, 6) is 2.09. The fraction of sp³-hybridized carbons (Fsp3) is 0.385. The highest BCUT2D eigenvalue weighted by atomic mass is 35.5. The monoisotopic (exact) mass is 552 g/mol. The van der Waals surface area contributed by atoms with E-state index in [1.807, 2.05) is 42.5 Å². The molecule has 1 aromatic heterocycles. The molecule has 216 valence electrons. The molecule has 0 radical (unpaired) electrons. The topological polar surface area (TPSA) is 205 Å². The van der Waals surface area contributed by atoms with Crippen molar-refractivity contribution in [2.24, 2.45) is 5.73 Å². The lowest BCUT2D eigenvalue weighted by Gasteiger charge is -2.27. The number of nitrogens with zero attached hydrogens (tertiary/aromatic N) is 5. The van der Waals surface area contributed by atoms with Crippen molar-refractivity contribution in [3.63, 3.8) is 0 Å². The van der Waals surface area contributed by atoms with Crippen molar-refractivity contribution in [3.05, 3.63) is 53.6 Å². The molecule has 3 aromatic rings. The van der Waals surface area contributed by atoms with Gasteiger partial charge in [-0.2, -0.15) is 15.0 Å². The summed E-state index contributed by atoms with van der Waals surface area (Å²) in [5, 5.41) is 3.36. The Kier molecular flexibility index (Phi) is 12.5. The summed E-state index contributed by atoms with van der Waals surface area (Å²) in [7, 11) is 1.50. The molecule has 2 aliphatic heterocycles. The van der Waals surface area contributed by atoms with Gasteiger partial charge >= 0.3 is 0 Å². The summed E-state index contributed by atoms with van der Waals surface area (Å²) in [5.41, 5.74) is 8.79. The van der Waals surface area contributed by atoms with Gasteiger partial charge in [-0.1, -0.05) is 30.3 Å². The van der Waals surface area contributed by atoms with E-state index in [2.05, 4.69) is 20.9 Å². The SMILES string of the molecule is CN.Cl.N.N.N.O=C1c2ccccc2-c2ccc(Nc3nc(N4CCCCC4)nc(N4CCCC4)n3)cc21.[HH].[HH].[HH].[HH]. The average molecular weight is 553 g/mol. The van der Waals surface area contributed by atoms with E-state index in [0.717, 1.165) is 66.0 Å². The Morgan fingerprint density at radius 2 is 1.21 bits per heavy atom. The van der Waals surface area contributed by atoms with E-state index < -0.39 is 0 Å². The number of nitrogens with two attached hydrogens (primary N) is 1. The second-order valence-corrected chi connectivity index (χ2v) is 8.76. The lowest BCUT2D eigenvalue weighted by molar-refractivity contribution is 0.104. The minimum absolute atomic E-state index is 0. The van der Waals surface area contributed by atoms with E-state index in [0.29, 0.717) is 5.95 Å². The molecule has 0 atom stereocenters. The van der Waals surface area contributed by atoms with Gasteiger partial charge in [-0.05, 0) is 62.4 Å². The van der Waals surface area contributed by atoms with Crippen LogP contribution in [0.5, 0.6) is 0 Å². The number of benzene rings is 2. The van der Waals surface area contributed by atoms with Gasteiger partial charge in [0.25, 0.3) is 0 Å². The zero-order valence-corrected chi connectivity index (χ0v) is 23.0. The molecule has 12 N–H and O–H groups in total. The molecule has 0 unspecified atom stereocenters. The number of nitrogens with one attached hydrogen (secondary N) is 1. The molecule has 2 saturated heterocycles. The van der Waals surface area contributed by atoms with E-state index >= 15 is 0 Å². The third-order valence-corrected chi connectivity index (χ3v) is 6.62. The van der Waals surface area contributed by atoms with Crippen molar-refractivity contribution in [1.82, 2.24) is 33.4 Å². The number of ketones is 1. The molecule has 2 aromatic carbocycles. The van der Waals surface area contributed by atoms with E-state index in [4.69, 9.17) is 15.0 Å². The van der Waals surface area contributed by atoms with Gasteiger partial charge in [-0.3, -0.25) is 4.79 Å². The van der Waals surface area contributed by atoms with Crippen LogP contribution in [-0.4, -0.2) is 54.0 Å². The molecular formula is C26H49ClN10O. The molecular weight excluding hydrogens is 504 g/mol. The van der Waals surface area contributed by atoms with Crippen LogP contribution in [0, 0.1) is 0 Å². The van der Waals surface area contributed by atoms with Crippen LogP contribution in [0.15, 0.2) is 42.5 Å². The largest absolute Gasteiger partial charge is 0.344 e. The Hall–Kier alpha value is -3.35. The smallest absolute Gasteiger partial charge is 0.233 e. The number of carbonyl (C=O) groups excluding carboxylic acids is 1. The third-order valence-electron chi connectivity index (χ3n) is 6.62. The number of rotatable bonds is 4. The number of hydrogen-bond acceptors (Lipinski definition) is 11. The third kappa shape index (κ3) is 6.37. The first kappa shape index (κ1) is 32.7. The fourth-order valence-corrected chi connectivity index (χ4v) is 4.94. The van der Waals surface area contributed by atoms with Gasteiger partial charge in [0.1, 0.15) is 0 Å². The highest BCUT2D eigenvalue weighted by Gasteiger charge is 2.27. The van der Waals surface area contributed by atoms with Crippen LogP contribution in [0.3, 0.4) is 0 Å². The maximum absolute atomic E-state index is 12.9. The lowest BCUT2D eigenvalue weighted by Crippen LogP contribution is -2.32. The number of fused-ring (bicyclic) bond motifs is 3. The lowest BCUT2D eigenvalue weighted by atomic mass is 10.1. The van der Waals surface area contributed by atoms with E-state index in [1.54, 1.807) is 0 Å². The highest BCUT2D eigenvalue weighted by Crippen LogP contribution is 2.38. The van der Waals surface area contributed by atoms with Crippen molar-refractivity contribution in [1.29, 1.82) is 0 Å². The van der Waals surface area contributed by atoms with Crippen molar-refractivity contribution >= 4 is 41.7 Å². The normalized spacial score (nSPS) is 14.8. The first-order valence-corrected chi connectivity index (χ1v) is 12.2.